The molecule has 2 aromatic rings. The van der Waals surface area contributed by atoms with Crippen LogP contribution in [0.2, 0.25) is 5.02 Å². The number of nitrogens with one attached hydrogen (secondary N) is 1. The van der Waals surface area contributed by atoms with E-state index in [1.165, 1.54) is 25.3 Å². The summed E-state index contributed by atoms with van der Waals surface area (Å²) in [7, 11) is 1.45. The van der Waals surface area contributed by atoms with E-state index in [-0.39, 0.29) is 5.56 Å². The third-order valence-electron chi connectivity index (χ3n) is 3.18. The van der Waals surface area contributed by atoms with Crippen LogP contribution >= 0.6 is 11.6 Å². The van der Waals surface area contributed by atoms with Crippen molar-refractivity contribution in [2.75, 3.05) is 19.0 Å². The van der Waals surface area contributed by atoms with Gasteiger partial charge in [-0.2, -0.15) is 0 Å². The second kappa shape index (κ2) is 7.79. The highest BCUT2D eigenvalue weighted by Crippen LogP contribution is 2.27. The van der Waals surface area contributed by atoms with Gasteiger partial charge in [-0.05, 0) is 42.8 Å². The third kappa shape index (κ3) is 4.45. The van der Waals surface area contributed by atoms with E-state index in [1.807, 2.05) is 0 Å². The summed E-state index contributed by atoms with van der Waals surface area (Å²) in [5.41, 5.74) is 0.802. The van der Waals surface area contributed by atoms with E-state index in [0.717, 1.165) is 6.07 Å². The maximum atomic E-state index is 13.4. The second-order valence-corrected chi connectivity index (χ2v) is 5.37. The van der Waals surface area contributed by atoms with E-state index in [4.69, 9.17) is 21.1 Å². The second-order valence-electron chi connectivity index (χ2n) is 4.93. The fourth-order valence-corrected chi connectivity index (χ4v) is 2.07. The molecule has 0 aliphatic rings. The Balaban J connectivity index is 1.97. The average molecular weight is 352 g/mol. The van der Waals surface area contributed by atoms with Crippen LogP contribution in [0, 0.1) is 12.7 Å². The number of carbonyl (C=O) groups excluding carboxylic acids is 2. The number of hydrogen-bond acceptors (Lipinski definition) is 4. The highest BCUT2D eigenvalue weighted by Gasteiger charge is 2.13. The molecular formula is C17H15ClFNO4. The number of benzene rings is 2. The summed E-state index contributed by atoms with van der Waals surface area (Å²) in [5.74, 6) is -1.46. The maximum Gasteiger partial charge on any atom is 0.338 e. The van der Waals surface area contributed by atoms with Crippen LogP contribution < -0.4 is 10.1 Å². The first-order chi connectivity index (χ1) is 11.4. The van der Waals surface area contributed by atoms with Gasteiger partial charge in [-0.25, -0.2) is 9.18 Å². The van der Waals surface area contributed by atoms with Crippen molar-refractivity contribution in [3.05, 3.63) is 58.4 Å². The van der Waals surface area contributed by atoms with Crippen molar-refractivity contribution in [1.82, 2.24) is 0 Å². The first-order valence-corrected chi connectivity index (χ1v) is 7.35. The molecule has 2 aromatic carbocycles. The van der Waals surface area contributed by atoms with Crippen LogP contribution in [0.1, 0.15) is 15.9 Å². The lowest BCUT2D eigenvalue weighted by Gasteiger charge is -2.11. The molecule has 0 saturated heterocycles. The molecule has 1 amide bonds. The Kier molecular flexibility index (Phi) is 5.76. The van der Waals surface area contributed by atoms with E-state index < -0.39 is 24.3 Å². The topological polar surface area (TPSA) is 64.6 Å². The van der Waals surface area contributed by atoms with Crippen LogP contribution in [0.3, 0.4) is 0 Å². The monoisotopic (exact) mass is 351 g/mol. The third-order valence-corrected chi connectivity index (χ3v) is 3.41. The number of ether oxygens (including phenoxy) is 2. The SMILES string of the molecule is COc1ccc(Cl)cc1NC(=O)COC(=O)c1ccc(C)c(F)c1. The minimum absolute atomic E-state index is 0.0336. The molecule has 0 bridgehead atoms. The van der Waals surface area contributed by atoms with Crippen LogP contribution in [0.4, 0.5) is 10.1 Å². The van der Waals surface area contributed by atoms with Crippen molar-refractivity contribution in [3.63, 3.8) is 0 Å². The first kappa shape index (κ1) is 17.7. The Hall–Kier alpha value is -2.60. The number of anilines is 1. The molecule has 1 N–H and O–H groups in total. The fraction of sp³-hybridized carbons (Fsp3) is 0.176. The smallest absolute Gasteiger partial charge is 0.338 e. The fourth-order valence-electron chi connectivity index (χ4n) is 1.90. The molecular weight excluding hydrogens is 337 g/mol. The minimum atomic E-state index is -0.790. The van der Waals surface area contributed by atoms with Gasteiger partial charge in [0.15, 0.2) is 6.61 Å². The molecule has 0 aliphatic heterocycles. The number of amides is 1. The highest BCUT2D eigenvalue weighted by molar-refractivity contribution is 6.31. The Morgan fingerprint density at radius 1 is 1.21 bits per heavy atom. The number of hydrogen-bond donors (Lipinski definition) is 1. The summed E-state index contributed by atoms with van der Waals surface area (Å²) in [6, 6.07) is 8.67. The molecule has 0 aromatic heterocycles. The van der Waals surface area contributed by atoms with E-state index in [0.29, 0.717) is 22.0 Å². The summed E-state index contributed by atoms with van der Waals surface area (Å²) in [5, 5.41) is 2.94. The molecule has 0 saturated carbocycles. The Labute approximate surface area is 143 Å². The van der Waals surface area contributed by atoms with Gasteiger partial charge in [0.1, 0.15) is 11.6 Å². The van der Waals surface area contributed by atoms with Gasteiger partial charge in [-0.1, -0.05) is 17.7 Å². The van der Waals surface area contributed by atoms with Crippen molar-refractivity contribution in [1.29, 1.82) is 0 Å². The zero-order chi connectivity index (χ0) is 17.7. The lowest BCUT2D eigenvalue weighted by Crippen LogP contribution is -2.21. The summed E-state index contributed by atoms with van der Waals surface area (Å²) >= 11 is 5.86. The predicted molar refractivity (Wildman–Crippen MR) is 88.1 cm³/mol. The predicted octanol–water partition coefficient (Wildman–Crippen LogP) is 3.59. The van der Waals surface area contributed by atoms with Crippen LogP contribution in [0.15, 0.2) is 36.4 Å². The van der Waals surface area contributed by atoms with Crippen molar-refractivity contribution in [2.24, 2.45) is 0 Å². The van der Waals surface area contributed by atoms with E-state index in [1.54, 1.807) is 19.1 Å². The maximum absolute atomic E-state index is 13.4. The quantitative estimate of drug-likeness (QED) is 0.836. The van der Waals surface area contributed by atoms with Gasteiger partial charge >= 0.3 is 5.97 Å². The van der Waals surface area contributed by atoms with E-state index in [2.05, 4.69) is 5.32 Å². The van der Waals surface area contributed by atoms with Crippen LogP contribution in [-0.4, -0.2) is 25.6 Å². The minimum Gasteiger partial charge on any atom is -0.495 e. The largest absolute Gasteiger partial charge is 0.495 e. The van der Waals surface area contributed by atoms with Gasteiger partial charge in [0.05, 0.1) is 18.4 Å². The van der Waals surface area contributed by atoms with Crippen LogP contribution in [0.5, 0.6) is 5.75 Å². The molecule has 0 aliphatic carbocycles. The van der Waals surface area contributed by atoms with Gasteiger partial charge in [-0.15, -0.1) is 0 Å². The normalized spacial score (nSPS) is 10.2. The molecule has 0 fully saturated rings. The van der Waals surface area contributed by atoms with Gasteiger partial charge < -0.3 is 14.8 Å². The van der Waals surface area contributed by atoms with E-state index >= 15 is 0 Å². The first-order valence-electron chi connectivity index (χ1n) is 6.97. The Morgan fingerprint density at radius 3 is 2.62 bits per heavy atom. The zero-order valence-corrected chi connectivity index (χ0v) is 13.8. The molecule has 0 atom stereocenters. The molecule has 0 heterocycles. The van der Waals surface area contributed by atoms with Gasteiger partial charge in [-0.3, -0.25) is 4.79 Å². The molecule has 5 nitrogen and oxygen atoms in total. The Morgan fingerprint density at radius 2 is 1.96 bits per heavy atom. The number of esters is 1. The van der Waals surface area contributed by atoms with Crippen LogP contribution in [-0.2, 0) is 9.53 Å². The van der Waals surface area contributed by atoms with Gasteiger partial charge in [0, 0.05) is 5.02 Å². The molecule has 2 rings (SSSR count). The summed E-state index contributed by atoms with van der Waals surface area (Å²) in [4.78, 5) is 23.7. The number of aryl methyl sites for hydroxylation is 1. The van der Waals surface area contributed by atoms with Crippen molar-refractivity contribution in [3.8, 4) is 5.75 Å². The zero-order valence-electron chi connectivity index (χ0n) is 13.1. The van der Waals surface area contributed by atoms with Crippen molar-refractivity contribution < 1.29 is 23.5 Å². The molecule has 126 valence electrons. The van der Waals surface area contributed by atoms with Gasteiger partial charge in [0.25, 0.3) is 5.91 Å². The number of carbonyl (C=O) groups is 2. The Bertz CT molecular complexity index is 779. The van der Waals surface area contributed by atoms with Crippen molar-refractivity contribution >= 4 is 29.2 Å². The molecule has 7 heteroatoms. The van der Waals surface area contributed by atoms with Crippen molar-refractivity contribution in [2.45, 2.75) is 6.92 Å². The number of rotatable bonds is 5. The highest BCUT2D eigenvalue weighted by atomic mass is 35.5. The molecule has 0 unspecified atom stereocenters. The number of methoxy groups -OCH3 is 1. The van der Waals surface area contributed by atoms with Crippen LogP contribution in [0.25, 0.3) is 0 Å². The van der Waals surface area contributed by atoms with Gasteiger partial charge in [0.2, 0.25) is 0 Å². The van der Waals surface area contributed by atoms with E-state index in [9.17, 15) is 14.0 Å². The lowest BCUT2D eigenvalue weighted by molar-refractivity contribution is -0.119. The molecule has 24 heavy (non-hydrogen) atoms. The standard InChI is InChI=1S/C17H15ClFNO4/c1-10-3-4-11(7-13(10)19)17(22)24-9-16(21)20-14-8-12(18)5-6-15(14)23-2/h3-8H,9H2,1-2H3,(H,20,21). The summed E-state index contributed by atoms with van der Waals surface area (Å²) in [6.07, 6.45) is 0. The molecule has 0 radical (unpaired) electrons. The lowest BCUT2D eigenvalue weighted by atomic mass is 10.1. The summed E-state index contributed by atoms with van der Waals surface area (Å²) in [6.45, 7) is 1.06. The number of halogens is 2. The molecule has 0 spiro atoms. The summed E-state index contributed by atoms with van der Waals surface area (Å²) < 4.78 is 23.4. The average Bonchev–Trinajstić information content (AvgIpc) is 2.55.